The van der Waals surface area contributed by atoms with Gasteiger partial charge in [0, 0.05) is 30.4 Å². The van der Waals surface area contributed by atoms with Gasteiger partial charge in [0.15, 0.2) is 0 Å². The number of aliphatic hydroxyl groups excluding tert-OH is 1. The highest BCUT2D eigenvalue weighted by Gasteiger charge is 2.41. The topological polar surface area (TPSA) is 103 Å². The van der Waals surface area contributed by atoms with Crippen molar-refractivity contribution in [2.75, 3.05) is 31.8 Å². The molecule has 1 fully saturated rings. The number of ether oxygens (including phenoxy) is 1. The first-order valence-corrected chi connectivity index (χ1v) is 13.0. The van der Waals surface area contributed by atoms with E-state index < -0.39 is 11.6 Å². The number of carbonyl (C=O) groups excluding carboxylic acids is 1. The summed E-state index contributed by atoms with van der Waals surface area (Å²) < 4.78 is 5.89. The first-order valence-electron chi connectivity index (χ1n) is 12.6. The van der Waals surface area contributed by atoms with Crippen molar-refractivity contribution in [3.63, 3.8) is 0 Å². The van der Waals surface area contributed by atoms with Crippen LogP contribution in [0.15, 0.2) is 60.9 Å². The number of aromatic amines is 1. The highest BCUT2D eigenvalue weighted by Crippen LogP contribution is 2.42. The summed E-state index contributed by atoms with van der Waals surface area (Å²) in [6.07, 6.45) is 5.75. The normalized spacial score (nSPS) is 20.0. The van der Waals surface area contributed by atoms with Gasteiger partial charge in [0.1, 0.15) is 29.5 Å². The number of aromatic nitrogens is 2. The lowest BCUT2D eigenvalue weighted by molar-refractivity contribution is -0.111. The fraction of sp³-hybridized carbons (Fsp3) is 0.310. The number of benzene rings is 2. The number of H-pyrrole nitrogens is 1. The number of rotatable bonds is 9. The second kappa shape index (κ2) is 10.6. The van der Waals surface area contributed by atoms with Crippen LogP contribution in [-0.2, 0) is 4.79 Å². The summed E-state index contributed by atoms with van der Waals surface area (Å²) in [6.45, 7) is 0. The van der Waals surface area contributed by atoms with E-state index >= 15 is 0 Å². The number of carbonyl (C=O) groups is 1. The summed E-state index contributed by atoms with van der Waals surface area (Å²) in [7, 11) is 5.88. The Hall–Kier alpha value is -3.59. The van der Waals surface area contributed by atoms with E-state index in [2.05, 4.69) is 25.5 Å². The Labute approximate surface area is 227 Å². The van der Waals surface area contributed by atoms with Gasteiger partial charge in [-0.1, -0.05) is 35.9 Å². The number of nitrogens with one attached hydrogen (secondary N) is 3. The van der Waals surface area contributed by atoms with E-state index in [4.69, 9.17) is 16.3 Å². The van der Waals surface area contributed by atoms with E-state index in [0.717, 1.165) is 24.1 Å². The molecule has 3 atom stereocenters. The monoisotopic (exact) mass is 533 g/mol. The molecule has 4 aromatic rings. The highest BCUT2D eigenvalue weighted by atomic mass is 35.5. The maximum atomic E-state index is 12.4. The largest absolute Gasteiger partial charge is 0.457 e. The number of fused-ring (bicyclic) bond motifs is 1. The van der Waals surface area contributed by atoms with E-state index in [-0.39, 0.29) is 0 Å². The van der Waals surface area contributed by atoms with Crippen LogP contribution in [0.4, 0.5) is 11.4 Å². The lowest BCUT2D eigenvalue weighted by Gasteiger charge is -2.29. The summed E-state index contributed by atoms with van der Waals surface area (Å²) in [5.41, 5.74) is 2.48. The van der Waals surface area contributed by atoms with Gasteiger partial charge in [0.05, 0.1) is 33.5 Å². The van der Waals surface area contributed by atoms with Gasteiger partial charge in [-0.25, -0.2) is 4.98 Å². The fourth-order valence-electron chi connectivity index (χ4n) is 5.23. The van der Waals surface area contributed by atoms with Crippen molar-refractivity contribution < 1.29 is 14.6 Å². The number of pyridine rings is 1. The van der Waals surface area contributed by atoms with Crippen LogP contribution >= 0.6 is 11.6 Å². The number of hydrogen-bond acceptors (Lipinski definition) is 7. The highest BCUT2D eigenvalue weighted by molar-refractivity contribution is 6.31. The van der Waals surface area contributed by atoms with Crippen LogP contribution in [0.3, 0.4) is 0 Å². The summed E-state index contributed by atoms with van der Waals surface area (Å²) in [5, 5.41) is 19.4. The van der Waals surface area contributed by atoms with Gasteiger partial charge in [0.25, 0.3) is 0 Å². The lowest BCUT2D eigenvalue weighted by atomic mass is 9.96. The Balaban J connectivity index is 1.51. The zero-order valence-electron chi connectivity index (χ0n) is 21.7. The number of hydrogen-bond donors (Lipinski definition) is 4. The standard InChI is InChI=1S/C29H32ClN5O3/c1-31-24-16-33-28-25(26(24)34-29(17-36)12-11-18(14-29)35(2)3)22(15-32-28)27(37)21-10-9-20(13-23(21)30)38-19-7-5-4-6-8-19/h4-10,13,15-18,27,31,37H,11-12,14H2,1-3H3,(H2,32,33,34). The molecule has 3 unspecified atom stereocenters. The molecule has 0 saturated heterocycles. The third kappa shape index (κ3) is 4.95. The molecule has 0 aliphatic heterocycles. The first-order chi connectivity index (χ1) is 18.3. The number of aliphatic hydroxyl groups is 1. The van der Waals surface area contributed by atoms with Gasteiger partial charge in [0.2, 0.25) is 0 Å². The number of aldehydes is 1. The third-order valence-corrected chi connectivity index (χ3v) is 7.72. The Bertz CT molecular complexity index is 1440. The molecule has 0 amide bonds. The maximum absolute atomic E-state index is 12.4. The molecule has 2 heterocycles. The van der Waals surface area contributed by atoms with Crippen LogP contribution in [0.2, 0.25) is 5.02 Å². The molecule has 4 N–H and O–H groups in total. The molecule has 0 spiro atoms. The van der Waals surface area contributed by atoms with Crippen LogP contribution in [0, 0.1) is 0 Å². The molecular formula is C29H32ClN5O3. The van der Waals surface area contributed by atoms with Gasteiger partial charge < -0.3 is 35.2 Å². The second-order valence-electron chi connectivity index (χ2n) is 10.0. The Morgan fingerprint density at radius 1 is 1.21 bits per heavy atom. The lowest BCUT2D eigenvalue weighted by Crippen LogP contribution is -2.39. The smallest absolute Gasteiger partial charge is 0.145 e. The molecule has 2 aromatic carbocycles. The molecule has 9 heteroatoms. The molecule has 198 valence electrons. The predicted octanol–water partition coefficient (Wildman–Crippen LogP) is 5.60. The summed E-state index contributed by atoms with van der Waals surface area (Å²) in [5.74, 6) is 1.27. The van der Waals surface area contributed by atoms with E-state index in [9.17, 15) is 9.90 Å². The molecule has 8 nitrogen and oxygen atoms in total. The fourth-order valence-corrected chi connectivity index (χ4v) is 5.50. The molecule has 38 heavy (non-hydrogen) atoms. The minimum atomic E-state index is -1.04. The van der Waals surface area contributed by atoms with E-state index in [0.29, 0.717) is 57.6 Å². The van der Waals surface area contributed by atoms with Crippen LogP contribution < -0.4 is 15.4 Å². The van der Waals surface area contributed by atoms with Gasteiger partial charge in [-0.15, -0.1) is 0 Å². The third-order valence-electron chi connectivity index (χ3n) is 7.39. The Morgan fingerprint density at radius 3 is 2.66 bits per heavy atom. The molecule has 2 aromatic heterocycles. The molecular weight excluding hydrogens is 502 g/mol. The minimum Gasteiger partial charge on any atom is -0.457 e. The quantitative estimate of drug-likeness (QED) is 0.208. The van der Waals surface area contributed by atoms with Gasteiger partial charge in [-0.3, -0.25) is 0 Å². The van der Waals surface area contributed by atoms with Crippen molar-refractivity contribution in [3.8, 4) is 11.5 Å². The van der Waals surface area contributed by atoms with Gasteiger partial charge in [-0.05, 0) is 57.6 Å². The number of anilines is 2. The van der Waals surface area contributed by atoms with Crippen LogP contribution in [0.5, 0.6) is 11.5 Å². The van der Waals surface area contributed by atoms with Crippen molar-refractivity contribution in [1.29, 1.82) is 0 Å². The second-order valence-corrected chi connectivity index (χ2v) is 10.4. The van der Waals surface area contributed by atoms with Crippen molar-refractivity contribution in [3.05, 3.63) is 77.1 Å². The van der Waals surface area contributed by atoms with Crippen LogP contribution in [0.1, 0.15) is 36.5 Å². The number of para-hydroxylation sites is 1. The van der Waals surface area contributed by atoms with Gasteiger partial charge >= 0.3 is 0 Å². The molecule has 5 rings (SSSR count). The Morgan fingerprint density at radius 2 is 2.00 bits per heavy atom. The average molecular weight is 534 g/mol. The van der Waals surface area contributed by atoms with E-state index in [1.54, 1.807) is 30.6 Å². The SMILES string of the molecule is CNc1cnc2[nH]cc(C(O)c3ccc(Oc4ccccc4)cc3Cl)c2c1NC1(C=O)CCC(N(C)C)C1. The average Bonchev–Trinajstić information content (AvgIpc) is 3.55. The summed E-state index contributed by atoms with van der Waals surface area (Å²) >= 11 is 6.64. The van der Waals surface area contributed by atoms with Gasteiger partial charge in [-0.2, -0.15) is 0 Å². The van der Waals surface area contributed by atoms with Crippen molar-refractivity contribution in [2.24, 2.45) is 0 Å². The predicted molar refractivity (Wildman–Crippen MR) is 151 cm³/mol. The van der Waals surface area contributed by atoms with Crippen LogP contribution in [-0.4, -0.2) is 59.0 Å². The molecule has 0 bridgehead atoms. The van der Waals surface area contributed by atoms with Crippen LogP contribution in [0.25, 0.3) is 11.0 Å². The first kappa shape index (κ1) is 26.0. The van der Waals surface area contributed by atoms with E-state index in [1.165, 1.54) is 0 Å². The minimum absolute atomic E-state index is 0.301. The zero-order valence-corrected chi connectivity index (χ0v) is 22.4. The van der Waals surface area contributed by atoms with Crippen molar-refractivity contribution >= 4 is 40.3 Å². The molecule has 1 aliphatic rings. The molecule has 1 aliphatic carbocycles. The Kier molecular flexibility index (Phi) is 7.29. The summed E-state index contributed by atoms with van der Waals surface area (Å²) in [4.78, 5) is 22.3. The van der Waals surface area contributed by atoms with E-state index in [1.807, 2.05) is 51.5 Å². The number of halogens is 1. The summed E-state index contributed by atoms with van der Waals surface area (Å²) in [6, 6.07) is 15.0. The van der Waals surface area contributed by atoms with Crippen molar-refractivity contribution in [1.82, 2.24) is 14.9 Å². The molecule has 0 radical (unpaired) electrons. The van der Waals surface area contributed by atoms with Crippen molar-refractivity contribution in [2.45, 2.75) is 36.9 Å². The maximum Gasteiger partial charge on any atom is 0.145 e. The number of nitrogens with zero attached hydrogens (tertiary/aromatic N) is 2. The molecule has 1 saturated carbocycles. The zero-order chi connectivity index (χ0) is 26.9.